The number of hydrogen-bond acceptors (Lipinski definition) is 3. The quantitative estimate of drug-likeness (QED) is 0.856. The minimum Gasteiger partial charge on any atom is -0.317 e. The Morgan fingerprint density at radius 1 is 1.00 bits per heavy atom. The molecule has 0 fully saturated rings. The van der Waals surface area contributed by atoms with Gasteiger partial charge in [-0.2, -0.15) is 0 Å². The van der Waals surface area contributed by atoms with Crippen molar-refractivity contribution in [2.45, 2.75) is 27.2 Å². The third-order valence-electron chi connectivity index (χ3n) is 3.43. The van der Waals surface area contributed by atoms with Gasteiger partial charge in [-0.3, -0.25) is 9.59 Å². The maximum atomic E-state index is 12.1. The molecule has 2 N–H and O–H groups in total. The minimum atomic E-state index is -0.730. The monoisotopic (exact) mass is 297 g/mol. The Hall–Kier alpha value is -2.69. The summed E-state index contributed by atoms with van der Waals surface area (Å²) in [5.74, 6) is -1.04. The number of aromatic nitrogens is 1. The van der Waals surface area contributed by atoms with Crippen LogP contribution in [0.1, 0.15) is 23.6 Å². The Morgan fingerprint density at radius 2 is 1.68 bits per heavy atom. The van der Waals surface area contributed by atoms with E-state index in [-0.39, 0.29) is 0 Å². The van der Waals surface area contributed by atoms with Gasteiger partial charge in [0.2, 0.25) is 0 Å². The summed E-state index contributed by atoms with van der Waals surface area (Å²) in [4.78, 5) is 28.2. The number of nitrogens with one attached hydrogen (secondary N) is 2. The normalized spacial score (nSPS) is 10.1. The number of nitrogens with zero attached hydrogens (tertiary/aromatic N) is 1. The van der Waals surface area contributed by atoms with Crippen molar-refractivity contribution in [3.63, 3.8) is 0 Å². The van der Waals surface area contributed by atoms with Crippen LogP contribution in [0.5, 0.6) is 0 Å². The van der Waals surface area contributed by atoms with Crippen molar-refractivity contribution in [1.82, 2.24) is 4.98 Å². The van der Waals surface area contributed by atoms with Crippen molar-refractivity contribution >= 4 is 23.3 Å². The molecule has 2 aromatic rings. The first-order valence-electron chi connectivity index (χ1n) is 7.15. The van der Waals surface area contributed by atoms with Crippen molar-refractivity contribution in [3.05, 3.63) is 53.2 Å². The molecule has 5 nitrogen and oxygen atoms in total. The third kappa shape index (κ3) is 3.49. The van der Waals surface area contributed by atoms with Crippen LogP contribution < -0.4 is 10.6 Å². The average molecular weight is 297 g/mol. The molecule has 2 amide bonds. The van der Waals surface area contributed by atoms with Gasteiger partial charge in [0.05, 0.1) is 0 Å². The lowest BCUT2D eigenvalue weighted by Crippen LogP contribution is -2.30. The highest BCUT2D eigenvalue weighted by molar-refractivity contribution is 6.43. The second-order valence-electron chi connectivity index (χ2n) is 5.04. The minimum absolute atomic E-state index is 0.392. The molecule has 114 valence electrons. The summed E-state index contributed by atoms with van der Waals surface area (Å²) in [6, 6.07) is 9.35. The smallest absolute Gasteiger partial charge is 0.315 e. The van der Waals surface area contributed by atoms with Gasteiger partial charge < -0.3 is 10.6 Å². The SMILES string of the molecule is CCc1cccc(C)c1NC(=O)C(=O)Nc1ncccc1C. The highest BCUT2D eigenvalue weighted by Crippen LogP contribution is 2.21. The number of benzene rings is 1. The van der Waals surface area contributed by atoms with Gasteiger partial charge in [0.15, 0.2) is 0 Å². The Labute approximate surface area is 129 Å². The van der Waals surface area contributed by atoms with Crippen LogP contribution in [0.25, 0.3) is 0 Å². The second kappa shape index (κ2) is 6.85. The fourth-order valence-electron chi connectivity index (χ4n) is 2.15. The standard InChI is InChI=1S/C17H19N3O2/c1-4-13-9-5-7-11(2)14(13)19-16(21)17(22)20-15-12(3)8-6-10-18-15/h5-10H,4H2,1-3H3,(H,19,21)(H,18,20,22). The molecule has 0 unspecified atom stereocenters. The molecule has 0 aliphatic heterocycles. The molecule has 2 rings (SSSR count). The van der Waals surface area contributed by atoms with Crippen molar-refractivity contribution in [2.24, 2.45) is 0 Å². The Kier molecular flexibility index (Phi) is 4.88. The summed E-state index contributed by atoms with van der Waals surface area (Å²) in [5.41, 5.74) is 3.42. The Morgan fingerprint density at radius 3 is 2.36 bits per heavy atom. The summed E-state index contributed by atoms with van der Waals surface area (Å²) in [5, 5.41) is 5.22. The van der Waals surface area contributed by atoms with Crippen LogP contribution in [-0.2, 0) is 16.0 Å². The number of amides is 2. The van der Waals surface area contributed by atoms with E-state index in [4.69, 9.17) is 0 Å². The van der Waals surface area contributed by atoms with E-state index in [1.54, 1.807) is 12.3 Å². The van der Waals surface area contributed by atoms with E-state index in [1.807, 2.05) is 45.0 Å². The fraction of sp³-hybridized carbons (Fsp3) is 0.235. The molecule has 0 aliphatic rings. The lowest BCUT2D eigenvalue weighted by Gasteiger charge is -2.13. The van der Waals surface area contributed by atoms with Crippen LogP contribution in [0.2, 0.25) is 0 Å². The first-order chi connectivity index (χ1) is 10.5. The summed E-state index contributed by atoms with van der Waals surface area (Å²) in [6.07, 6.45) is 2.34. The van der Waals surface area contributed by atoms with Crippen LogP contribution in [0.15, 0.2) is 36.5 Å². The Bertz CT molecular complexity index is 711. The highest BCUT2D eigenvalue weighted by atomic mass is 16.2. The number of rotatable bonds is 3. The molecule has 1 aromatic heterocycles. The van der Waals surface area contributed by atoms with Crippen molar-refractivity contribution in [3.8, 4) is 0 Å². The molecule has 0 aliphatic carbocycles. The molecule has 5 heteroatoms. The maximum absolute atomic E-state index is 12.1. The van der Waals surface area contributed by atoms with Crippen LogP contribution in [0.3, 0.4) is 0 Å². The number of carbonyl (C=O) groups is 2. The van der Waals surface area contributed by atoms with Crippen molar-refractivity contribution in [1.29, 1.82) is 0 Å². The van der Waals surface area contributed by atoms with Gasteiger partial charge in [-0.1, -0.05) is 31.2 Å². The summed E-state index contributed by atoms with van der Waals surface area (Å²) in [6.45, 7) is 5.72. The summed E-state index contributed by atoms with van der Waals surface area (Å²) < 4.78 is 0. The van der Waals surface area contributed by atoms with Gasteiger partial charge in [-0.05, 0) is 43.0 Å². The fourth-order valence-corrected chi connectivity index (χ4v) is 2.15. The number of anilines is 2. The number of para-hydroxylation sites is 1. The van der Waals surface area contributed by atoms with E-state index < -0.39 is 11.8 Å². The zero-order chi connectivity index (χ0) is 16.1. The van der Waals surface area contributed by atoms with Crippen LogP contribution in [-0.4, -0.2) is 16.8 Å². The number of hydrogen-bond donors (Lipinski definition) is 2. The van der Waals surface area contributed by atoms with E-state index in [0.717, 1.165) is 23.1 Å². The molecule has 1 heterocycles. The third-order valence-corrected chi connectivity index (χ3v) is 3.43. The van der Waals surface area contributed by atoms with E-state index in [2.05, 4.69) is 15.6 Å². The first kappa shape index (κ1) is 15.7. The van der Waals surface area contributed by atoms with E-state index >= 15 is 0 Å². The molecule has 1 aromatic carbocycles. The summed E-state index contributed by atoms with van der Waals surface area (Å²) in [7, 11) is 0. The highest BCUT2D eigenvalue weighted by Gasteiger charge is 2.17. The predicted molar refractivity (Wildman–Crippen MR) is 86.8 cm³/mol. The van der Waals surface area contributed by atoms with Crippen LogP contribution >= 0.6 is 0 Å². The molecule has 0 spiro atoms. The number of pyridine rings is 1. The van der Waals surface area contributed by atoms with Gasteiger partial charge in [0, 0.05) is 11.9 Å². The Balaban J connectivity index is 2.13. The van der Waals surface area contributed by atoms with Gasteiger partial charge in [0.25, 0.3) is 0 Å². The first-order valence-corrected chi connectivity index (χ1v) is 7.15. The zero-order valence-electron chi connectivity index (χ0n) is 12.9. The van der Waals surface area contributed by atoms with E-state index in [0.29, 0.717) is 11.5 Å². The number of aryl methyl sites for hydroxylation is 3. The van der Waals surface area contributed by atoms with Gasteiger partial charge >= 0.3 is 11.8 Å². The maximum Gasteiger partial charge on any atom is 0.315 e. The van der Waals surface area contributed by atoms with Gasteiger partial charge in [-0.15, -0.1) is 0 Å². The molecule has 0 saturated carbocycles. The summed E-state index contributed by atoms with van der Waals surface area (Å²) >= 11 is 0. The molecule has 0 saturated heterocycles. The van der Waals surface area contributed by atoms with Gasteiger partial charge in [0.1, 0.15) is 5.82 Å². The number of carbonyl (C=O) groups excluding carboxylic acids is 2. The van der Waals surface area contributed by atoms with Crippen molar-refractivity contribution < 1.29 is 9.59 Å². The molecule has 0 radical (unpaired) electrons. The molecule has 22 heavy (non-hydrogen) atoms. The van der Waals surface area contributed by atoms with Crippen LogP contribution in [0.4, 0.5) is 11.5 Å². The van der Waals surface area contributed by atoms with Crippen LogP contribution in [0, 0.1) is 13.8 Å². The molecule has 0 bridgehead atoms. The predicted octanol–water partition coefficient (Wildman–Crippen LogP) is 2.84. The lowest BCUT2D eigenvalue weighted by atomic mass is 10.1. The second-order valence-corrected chi connectivity index (χ2v) is 5.04. The van der Waals surface area contributed by atoms with E-state index in [9.17, 15) is 9.59 Å². The topological polar surface area (TPSA) is 71.1 Å². The zero-order valence-corrected chi connectivity index (χ0v) is 12.9. The van der Waals surface area contributed by atoms with Crippen molar-refractivity contribution in [2.75, 3.05) is 10.6 Å². The van der Waals surface area contributed by atoms with Gasteiger partial charge in [-0.25, -0.2) is 4.98 Å². The average Bonchev–Trinajstić information content (AvgIpc) is 2.51. The molecule has 0 atom stereocenters. The lowest BCUT2D eigenvalue weighted by molar-refractivity contribution is -0.133. The largest absolute Gasteiger partial charge is 0.317 e. The molecular weight excluding hydrogens is 278 g/mol. The molecular formula is C17H19N3O2. The van der Waals surface area contributed by atoms with E-state index in [1.165, 1.54) is 0 Å².